The first kappa shape index (κ1) is 8.53. The highest BCUT2D eigenvalue weighted by Gasteiger charge is 2.45. The molecule has 2 rings (SSSR count). The lowest BCUT2D eigenvalue weighted by Gasteiger charge is -2.12. The SMILES string of the molecule is O=C(O)C[C@@H]1CCC2OC(=O)CC21. The number of rotatable bonds is 2. The third kappa shape index (κ3) is 1.53. The van der Waals surface area contributed by atoms with Gasteiger partial charge in [-0.2, -0.15) is 0 Å². The summed E-state index contributed by atoms with van der Waals surface area (Å²) < 4.78 is 5.07. The van der Waals surface area contributed by atoms with Crippen molar-refractivity contribution in [3.8, 4) is 0 Å². The van der Waals surface area contributed by atoms with Crippen LogP contribution in [0.1, 0.15) is 25.7 Å². The molecule has 72 valence electrons. The number of hydrogen-bond donors (Lipinski definition) is 1. The van der Waals surface area contributed by atoms with E-state index in [9.17, 15) is 9.59 Å². The van der Waals surface area contributed by atoms with Crippen LogP contribution in [-0.4, -0.2) is 23.1 Å². The summed E-state index contributed by atoms with van der Waals surface area (Å²) in [5.74, 6) is -0.618. The van der Waals surface area contributed by atoms with E-state index in [0.29, 0.717) is 6.42 Å². The molecule has 4 nitrogen and oxygen atoms in total. The molecule has 0 spiro atoms. The largest absolute Gasteiger partial charge is 0.481 e. The van der Waals surface area contributed by atoms with Crippen molar-refractivity contribution >= 4 is 11.9 Å². The molecule has 2 unspecified atom stereocenters. The Hall–Kier alpha value is -1.06. The number of carbonyl (C=O) groups excluding carboxylic acids is 1. The summed E-state index contributed by atoms with van der Waals surface area (Å²) in [6.45, 7) is 0. The van der Waals surface area contributed by atoms with Gasteiger partial charge in [-0.25, -0.2) is 0 Å². The van der Waals surface area contributed by atoms with Crippen LogP contribution in [0, 0.1) is 11.8 Å². The Morgan fingerprint density at radius 3 is 3.00 bits per heavy atom. The average Bonchev–Trinajstić information content (AvgIpc) is 2.51. The Morgan fingerprint density at radius 2 is 2.31 bits per heavy atom. The molecule has 0 radical (unpaired) electrons. The average molecular weight is 184 g/mol. The molecule has 1 heterocycles. The summed E-state index contributed by atoms with van der Waals surface area (Å²) >= 11 is 0. The first-order valence-corrected chi connectivity index (χ1v) is 4.58. The molecule has 0 aromatic carbocycles. The molecule has 3 atom stereocenters. The maximum Gasteiger partial charge on any atom is 0.306 e. The van der Waals surface area contributed by atoms with E-state index in [0.717, 1.165) is 12.8 Å². The number of carboxylic acids is 1. The second kappa shape index (κ2) is 3.01. The van der Waals surface area contributed by atoms with E-state index in [1.807, 2.05) is 0 Å². The van der Waals surface area contributed by atoms with Gasteiger partial charge in [-0.1, -0.05) is 0 Å². The second-order valence-corrected chi connectivity index (χ2v) is 3.83. The fourth-order valence-electron chi connectivity index (χ4n) is 2.44. The molecule has 0 amide bonds. The Bertz CT molecular complexity index is 248. The molecule has 2 aliphatic rings. The van der Waals surface area contributed by atoms with Gasteiger partial charge < -0.3 is 9.84 Å². The van der Waals surface area contributed by atoms with Crippen LogP contribution in [0.3, 0.4) is 0 Å². The van der Waals surface area contributed by atoms with Gasteiger partial charge in [0.2, 0.25) is 0 Å². The van der Waals surface area contributed by atoms with Gasteiger partial charge in [-0.05, 0) is 18.8 Å². The molecule has 2 fully saturated rings. The Morgan fingerprint density at radius 1 is 1.54 bits per heavy atom. The smallest absolute Gasteiger partial charge is 0.306 e. The number of fused-ring (bicyclic) bond motifs is 1. The van der Waals surface area contributed by atoms with Crippen molar-refractivity contribution in [3.63, 3.8) is 0 Å². The van der Waals surface area contributed by atoms with E-state index >= 15 is 0 Å². The summed E-state index contributed by atoms with van der Waals surface area (Å²) in [6, 6.07) is 0. The van der Waals surface area contributed by atoms with Crippen molar-refractivity contribution in [1.29, 1.82) is 0 Å². The molecule has 1 aliphatic heterocycles. The zero-order valence-electron chi connectivity index (χ0n) is 7.23. The zero-order chi connectivity index (χ0) is 9.42. The van der Waals surface area contributed by atoms with Crippen LogP contribution in [0.25, 0.3) is 0 Å². The van der Waals surface area contributed by atoms with E-state index in [2.05, 4.69) is 0 Å². The van der Waals surface area contributed by atoms with Gasteiger partial charge in [0, 0.05) is 12.3 Å². The molecule has 4 heteroatoms. The highest BCUT2D eigenvalue weighted by Crippen LogP contribution is 2.42. The van der Waals surface area contributed by atoms with Gasteiger partial charge in [-0.3, -0.25) is 9.59 Å². The Kier molecular flexibility index (Phi) is 1.98. The van der Waals surface area contributed by atoms with Gasteiger partial charge in [0.1, 0.15) is 6.10 Å². The molecule has 1 aliphatic carbocycles. The minimum absolute atomic E-state index is 0.0110. The maximum atomic E-state index is 10.9. The first-order valence-electron chi connectivity index (χ1n) is 4.58. The van der Waals surface area contributed by atoms with Gasteiger partial charge in [0.25, 0.3) is 0 Å². The molecular formula is C9H12O4. The molecule has 13 heavy (non-hydrogen) atoms. The minimum Gasteiger partial charge on any atom is -0.481 e. The third-order valence-corrected chi connectivity index (χ3v) is 3.03. The summed E-state index contributed by atoms with van der Waals surface area (Å²) in [6.07, 6.45) is 2.33. The van der Waals surface area contributed by atoms with Crippen molar-refractivity contribution in [2.24, 2.45) is 11.8 Å². The maximum absolute atomic E-state index is 10.9. The predicted molar refractivity (Wildman–Crippen MR) is 43.0 cm³/mol. The van der Waals surface area contributed by atoms with E-state index in [1.165, 1.54) is 0 Å². The van der Waals surface area contributed by atoms with Gasteiger partial charge >= 0.3 is 11.9 Å². The molecule has 0 aromatic heterocycles. The fourth-order valence-corrected chi connectivity index (χ4v) is 2.44. The monoisotopic (exact) mass is 184 g/mol. The van der Waals surface area contributed by atoms with Crippen molar-refractivity contribution in [2.45, 2.75) is 31.8 Å². The van der Waals surface area contributed by atoms with E-state index in [4.69, 9.17) is 9.84 Å². The van der Waals surface area contributed by atoms with Crippen LogP contribution >= 0.6 is 0 Å². The topological polar surface area (TPSA) is 63.6 Å². The summed E-state index contributed by atoms with van der Waals surface area (Å²) in [5.41, 5.74) is 0. The van der Waals surface area contributed by atoms with Crippen LogP contribution in [0.15, 0.2) is 0 Å². The van der Waals surface area contributed by atoms with Gasteiger partial charge in [-0.15, -0.1) is 0 Å². The lowest BCUT2D eigenvalue weighted by molar-refractivity contribution is -0.141. The van der Waals surface area contributed by atoms with Crippen LogP contribution < -0.4 is 0 Å². The number of carbonyl (C=O) groups is 2. The Labute approximate surface area is 75.9 Å². The Balaban J connectivity index is 2.00. The highest BCUT2D eigenvalue weighted by atomic mass is 16.6. The lowest BCUT2D eigenvalue weighted by Crippen LogP contribution is -2.16. The number of ether oxygens (including phenoxy) is 1. The van der Waals surface area contributed by atoms with Crippen LogP contribution in [0.2, 0.25) is 0 Å². The molecule has 1 saturated carbocycles. The third-order valence-electron chi connectivity index (χ3n) is 3.03. The first-order chi connectivity index (χ1) is 6.16. The normalized spacial score (nSPS) is 37.2. The van der Waals surface area contributed by atoms with Crippen LogP contribution in [0.5, 0.6) is 0 Å². The molecule has 1 saturated heterocycles. The molecule has 0 aromatic rings. The van der Waals surface area contributed by atoms with Crippen molar-refractivity contribution in [3.05, 3.63) is 0 Å². The van der Waals surface area contributed by atoms with Crippen molar-refractivity contribution < 1.29 is 19.4 Å². The number of esters is 1. The summed E-state index contributed by atoms with van der Waals surface area (Å²) in [4.78, 5) is 21.4. The zero-order valence-corrected chi connectivity index (χ0v) is 7.23. The van der Waals surface area contributed by atoms with E-state index < -0.39 is 5.97 Å². The van der Waals surface area contributed by atoms with E-state index in [1.54, 1.807) is 0 Å². The van der Waals surface area contributed by atoms with Crippen LogP contribution in [-0.2, 0) is 14.3 Å². The molecule has 1 N–H and O–H groups in total. The number of aliphatic carboxylic acids is 1. The fraction of sp³-hybridized carbons (Fsp3) is 0.778. The second-order valence-electron chi connectivity index (χ2n) is 3.83. The summed E-state index contributed by atoms with van der Waals surface area (Å²) in [5, 5.41) is 8.63. The van der Waals surface area contributed by atoms with Gasteiger partial charge in [0.05, 0.1) is 6.42 Å². The number of hydrogen-bond acceptors (Lipinski definition) is 3. The van der Waals surface area contributed by atoms with Crippen LogP contribution in [0.4, 0.5) is 0 Å². The van der Waals surface area contributed by atoms with Crippen molar-refractivity contribution in [1.82, 2.24) is 0 Å². The lowest BCUT2D eigenvalue weighted by atomic mass is 9.91. The van der Waals surface area contributed by atoms with Crippen molar-refractivity contribution in [2.75, 3.05) is 0 Å². The quantitative estimate of drug-likeness (QED) is 0.645. The number of carboxylic acid groups (broad SMARTS) is 1. The standard InChI is InChI=1S/C9H12O4/c10-8(11)3-5-1-2-7-6(5)4-9(12)13-7/h5-7H,1-4H2,(H,10,11)/t5-,6?,7?/m0/s1. The minimum atomic E-state index is -0.773. The van der Waals surface area contributed by atoms with E-state index in [-0.39, 0.29) is 30.3 Å². The highest BCUT2D eigenvalue weighted by molar-refractivity contribution is 5.73. The molecule has 0 bridgehead atoms. The van der Waals surface area contributed by atoms with Gasteiger partial charge in [0.15, 0.2) is 0 Å². The molecular weight excluding hydrogens is 172 g/mol. The summed E-state index contributed by atoms with van der Waals surface area (Å²) in [7, 11) is 0. The predicted octanol–water partition coefficient (Wildman–Crippen LogP) is 0.803.